The summed E-state index contributed by atoms with van der Waals surface area (Å²) in [4.78, 5) is 102. The number of nitrogens with zero attached hydrogens (tertiary/aromatic N) is 3. The first-order chi connectivity index (χ1) is 28.5. The molecule has 0 bridgehead atoms. The van der Waals surface area contributed by atoms with Crippen LogP contribution in [0.15, 0.2) is 48.8 Å². The van der Waals surface area contributed by atoms with E-state index in [-0.39, 0.29) is 60.4 Å². The normalized spacial score (nSPS) is 20.4. The quantitative estimate of drug-likeness (QED) is 0.136. The van der Waals surface area contributed by atoms with Crippen LogP contribution in [0.2, 0.25) is 0 Å². The van der Waals surface area contributed by atoms with Crippen molar-refractivity contribution in [3.05, 3.63) is 65.5 Å². The summed E-state index contributed by atoms with van der Waals surface area (Å²) < 4.78 is 0. The Labute approximate surface area is 359 Å². The van der Waals surface area contributed by atoms with Gasteiger partial charge in [0.1, 0.15) is 18.1 Å². The molecule has 7 N–H and O–H groups in total. The Bertz CT molecular complexity index is 1910. The van der Waals surface area contributed by atoms with Crippen LogP contribution in [0.3, 0.4) is 0 Å². The van der Waals surface area contributed by atoms with Crippen LogP contribution >= 0.6 is 0 Å². The minimum absolute atomic E-state index is 0.00874. The van der Waals surface area contributed by atoms with E-state index in [1.54, 1.807) is 32.8 Å². The van der Waals surface area contributed by atoms with Crippen LogP contribution in [-0.4, -0.2) is 132 Å². The third-order valence-electron chi connectivity index (χ3n) is 11.4. The van der Waals surface area contributed by atoms with Gasteiger partial charge in [-0.2, -0.15) is 0 Å². The Morgan fingerprint density at radius 1 is 0.689 bits per heavy atom. The third-order valence-corrected chi connectivity index (χ3v) is 11.4. The van der Waals surface area contributed by atoms with E-state index in [1.807, 2.05) is 78.8 Å². The van der Waals surface area contributed by atoms with Crippen LogP contribution in [0.25, 0.3) is 0 Å². The number of nitrogens with one attached hydrogen (secondary N) is 7. The Balaban J connectivity index is 1.47. The Morgan fingerprint density at radius 2 is 1.20 bits per heavy atom. The fourth-order valence-electron chi connectivity index (χ4n) is 7.31. The minimum Gasteiger partial charge on any atom is -0.348 e. The molecule has 17 nitrogen and oxygen atoms in total. The number of aromatic nitrogens is 1. The maximum Gasteiger partial charge on any atom is 0.253 e. The number of amides is 7. The summed E-state index contributed by atoms with van der Waals surface area (Å²) in [5.74, 6) is -2.79. The molecule has 2 aliphatic heterocycles. The number of hydrogen-bond donors (Lipinski definition) is 7. The van der Waals surface area contributed by atoms with E-state index in [2.05, 4.69) is 42.2 Å². The highest BCUT2D eigenvalue weighted by Crippen LogP contribution is 2.28. The molecule has 0 saturated carbocycles. The van der Waals surface area contributed by atoms with Crippen LogP contribution < -0.4 is 37.2 Å². The topological polar surface area (TPSA) is 223 Å². The van der Waals surface area contributed by atoms with E-state index < -0.39 is 70.7 Å². The smallest absolute Gasteiger partial charge is 0.253 e. The molecule has 2 fully saturated rings. The second-order valence-corrected chi connectivity index (χ2v) is 18.4. The Morgan fingerprint density at radius 3 is 1.70 bits per heavy atom. The van der Waals surface area contributed by atoms with Crippen molar-refractivity contribution in [1.82, 2.24) is 52.0 Å². The first-order valence-electron chi connectivity index (χ1n) is 21.0. The highest BCUT2D eigenvalue weighted by atomic mass is 16.2. The summed E-state index contributed by atoms with van der Waals surface area (Å²) in [6.45, 7) is 17.0. The number of carbonyl (C=O) groups excluding carboxylic acids is 7. The van der Waals surface area contributed by atoms with Gasteiger partial charge in [-0.05, 0) is 70.2 Å². The number of pyridine rings is 1. The lowest BCUT2D eigenvalue weighted by molar-refractivity contribution is -0.144. The summed E-state index contributed by atoms with van der Waals surface area (Å²) >= 11 is 0. The molecule has 2 aromatic rings. The second kappa shape index (κ2) is 20.4. The molecule has 0 spiro atoms. The Kier molecular flexibility index (Phi) is 16.2. The van der Waals surface area contributed by atoms with Gasteiger partial charge in [0.05, 0.1) is 29.3 Å². The van der Waals surface area contributed by atoms with Gasteiger partial charge < -0.3 is 47.0 Å². The molecule has 61 heavy (non-hydrogen) atoms. The molecule has 1 aromatic carbocycles. The van der Waals surface area contributed by atoms with Crippen molar-refractivity contribution >= 4 is 41.4 Å². The molecule has 7 amide bonds. The largest absolute Gasteiger partial charge is 0.348 e. The van der Waals surface area contributed by atoms with Crippen molar-refractivity contribution in [2.45, 2.75) is 123 Å². The maximum atomic E-state index is 14.4. The van der Waals surface area contributed by atoms with Gasteiger partial charge in [0.2, 0.25) is 29.5 Å². The van der Waals surface area contributed by atoms with Crippen LogP contribution in [0.1, 0.15) is 107 Å². The second-order valence-electron chi connectivity index (χ2n) is 18.4. The lowest BCUT2D eigenvalue weighted by atomic mass is 9.85. The molecule has 3 heterocycles. The lowest BCUT2D eigenvalue weighted by Gasteiger charge is -2.36. The molecule has 0 radical (unpaired) electrons. The predicted molar refractivity (Wildman–Crippen MR) is 231 cm³/mol. The van der Waals surface area contributed by atoms with Crippen molar-refractivity contribution in [1.29, 1.82) is 0 Å². The third kappa shape index (κ3) is 12.6. The highest BCUT2D eigenvalue weighted by Gasteiger charge is 2.46. The zero-order valence-electron chi connectivity index (χ0n) is 37.5. The number of hydrogen-bond acceptors (Lipinski definition) is 10. The standard InChI is InChI=1S/C44H66N10O7/c1-25(28-15-13-12-14-16-28)48-40(59)33-20-32(24-54(33)42(61)35(44(7,8)9)52-37(56)27(3)46-11)50-39(58)30-19-29(21-47-22-30)38(57)49-31-17-18-53(23-31)41(60)34(43(4,5)6)51-36(55)26(2)45-10/h12-16,19,21-22,25-27,31-35,45-46H,17-18,20,23-24H2,1-11H3,(H,48,59)(H,49,57)(H,50,58)(H,51,55)(H,52,56)/t25-,26+,27+,31+,32+,33+,34-,35-/m1/s1. The van der Waals surface area contributed by atoms with E-state index >= 15 is 0 Å². The van der Waals surface area contributed by atoms with Gasteiger partial charge in [-0.3, -0.25) is 38.5 Å². The zero-order valence-corrected chi connectivity index (χ0v) is 37.5. The molecule has 4 rings (SSSR count). The predicted octanol–water partition coefficient (Wildman–Crippen LogP) is 1.27. The van der Waals surface area contributed by atoms with Crippen molar-refractivity contribution in [2.24, 2.45) is 10.8 Å². The van der Waals surface area contributed by atoms with Crippen molar-refractivity contribution in [2.75, 3.05) is 33.7 Å². The van der Waals surface area contributed by atoms with Gasteiger partial charge in [0, 0.05) is 44.1 Å². The van der Waals surface area contributed by atoms with Crippen molar-refractivity contribution in [3.63, 3.8) is 0 Å². The monoisotopic (exact) mass is 847 g/mol. The SMILES string of the molecule is CN[C@@H](C)C(=O)N[C@H](C(=O)N1CC[C@H](NC(=O)c2cncc(C(=O)N[C@H]3C[C@@H](C(=O)N[C@H](C)c4ccccc4)N(C(=O)[C@@H](NC(=O)[C@H](C)NC)C(C)(C)C)C3)c2)C1)C(C)(C)C. The average molecular weight is 847 g/mol. The fourth-order valence-corrected chi connectivity index (χ4v) is 7.31. The summed E-state index contributed by atoms with van der Waals surface area (Å²) in [5, 5.41) is 20.4. The molecule has 2 saturated heterocycles. The number of likely N-dealkylation sites (N-methyl/N-ethyl adjacent to an activating group) is 2. The van der Waals surface area contributed by atoms with E-state index in [0.717, 1.165) is 5.56 Å². The van der Waals surface area contributed by atoms with Crippen LogP contribution in [-0.2, 0) is 24.0 Å². The van der Waals surface area contributed by atoms with E-state index in [9.17, 15) is 33.6 Å². The maximum absolute atomic E-state index is 14.4. The molecule has 334 valence electrons. The van der Waals surface area contributed by atoms with Gasteiger partial charge >= 0.3 is 0 Å². The van der Waals surface area contributed by atoms with Crippen LogP contribution in [0.5, 0.6) is 0 Å². The molecule has 1 aromatic heterocycles. The molecular formula is C44H66N10O7. The molecular weight excluding hydrogens is 781 g/mol. The number of benzene rings is 1. The van der Waals surface area contributed by atoms with Crippen LogP contribution in [0, 0.1) is 10.8 Å². The van der Waals surface area contributed by atoms with Gasteiger partial charge in [0.25, 0.3) is 11.8 Å². The first kappa shape index (κ1) is 48.2. The molecule has 2 aliphatic rings. The zero-order chi connectivity index (χ0) is 45.4. The van der Waals surface area contributed by atoms with E-state index in [0.29, 0.717) is 13.0 Å². The van der Waals surface area contributed by atoms with E-state index in [1.165, 1.54) is 23.4 Å². The number of carbonyl (C=O) groups is 7. The van der Waals surface area contributed by atoms with Gasteiger partial charge in [-0.1, -0.05) is 71.9 Å². The number of likely N-dealkylation sites (tertiary alicyclic amines) is 2. The molecule has 0 unspecified atom stereocenters. The van der Waals surface area contributed by atoms with Gasteiger partial charge in [-0.25, -0.2) is 0 Å². The average Bonchev–Trinajstić information content (AvgIpc) is 3.87. The summed E-state index contributed by atoms with van der Waals surface area (Å²) in [5.41, 5.74) is -0.182. The summed E-state index contributed by atoms with van der Waals surface area (Å²) in [6.07, 6.45) is 3.27. The highest BCUT2D eigenvalue weighted by molar-refractivity contribution is 6.00. The van der Waals surface area contributed by atoms with Gasteiger partial charge in [-0.15, -0.1) is 0 Å². The molecule has 8 atom stereocenters. The number of rotatable bonds is 15. The van der Waals surface area contributed by atoms with E-state index in [4.69, 9.17) is 0 Å². The summed E-state index contributed by atoms with van der Waals surface area (Å²) in [7, 11) is 3.31. The lowest BCUT2D eigenvalue weighted by Crippen LogP contribution is -2.59. The van der Waals surface area contributed by atoms with Crippen molar-refractivity contribution in [3.8, 4) is 0 Å². The first-order valence-corrected chi connectivity index (χ1v) is 21.0. The van der Waals surface area contributed by atoms with Gasteiger partial charge in [0.15, 0.2) is 0 Å². The minimum atomic E-state index is -0.982. The van der Waals surface area contributed by atoms with Crippen molar-refractivity contribution < 1.29 is 33.6 Å². The van der Waals surface area contributed by atoms with Crippen LogP contribution in [0.4, 0.5) is 0 Å². The molecule has 17 heteroatoms. The summed E-state index contributed by atoms with van der Waals surface area (Å²) in [6, 6.07) is 5.64. The fraction of sp³-hybridized carbons (Fsp3) is 0.591. The molecule has 0 aliphatic carbocycles. The Hall–Kier alpha value is -5.42.